The topological polar surface area (TPSA) is 129 Å². The van der Waals surface area contributed by atoms with E-state index < -0.39 is 10.0 Å². The highest BCUT2D eigenvalue weighted by molar-refractivity contribution is 7.89. The van der Waals surface area contributed by atoms with E-state index in [0.717, 1.165) is 0 Å². The van der Waals surface area contributed by atoms with E-state index >= 15 is 0 Å². The standard InChI is InChI=1S/C10H14N6O2S/c1-16-6-14-15-10(16)5-13-9-4-7(19(12,17)18)2-3-8(9)11/h2-4,6,13H,5,11H2,1H3,(H2,12,17,18). The van der Waals surface area contributed by atoms with Crippen LogP contribution < -0.4 is 16.2 Å². The monoisotopic (exact) mass is 282 g/mol. The summed E-state index contributed by atoms with van der Waals surface area (Å²) in [5.74, 6) is 0.695. The summed E-state index contributed by atoms with van der Waals surface area (Å²) in [7, 11) is -1.94. The molecule has 1 aromatic carbocycles. The first-order chi connectivity index (χ1) is 8.88. The van der Waals surface area contributed by atoms with E-state index in [-0.39, 0.29) is 4.90 Å². The molecule has 0 aliphatic rings. The number of nitrogens with two attached hydrogens (primary N) is 2. The number of nitrogens with zero attached hydrogens (tertiary/aromatic N) is 3. The maximum Gasteiger partial charge on any atom is 0.238 e. The molecule has 1 aromatic heterocycles. The van der Waals surface area contributed by atoms with Crippen molar-refractivity contribution in [1.29, 1.82) is 0 Å². The van der Waals surface area contributed by atoms with Crippen molar-refractivity contribution in [3.8, 4) is 0 Å². The number of aromatic nitrogens is 3. The van der Waals surface area contributed by atoms with E-state index in [1.54, 1.807) is 17.9 Å². The Hall–Kier alpha value is -2.13. The molecule has 0 bridgehead atoms. The summed E-state index contributed by atoms with van der Waals surface area (Å²) in [5, 5.41) is 15.7. The van der Waals surface area contributed by atoms with Crippen molar-refractivity contribution < 1.29 is 8.42 Å². The van der Waals surface area contributed by atoms with Gasteiger partial charge in [0, 0.05) is 7.05 Å². The van der Waals surface area contributed by atoms with Crippen LogP contribution in [0.1, 0.15) is 5.82 Å². The number of rotatable bonds is 4. The summed E-state index contributed by atoms with van der Waals surface area (Å²) < 4.78 is 24.3. The van der Waals surface area contributed by atoms with Crippen molar-refractivity contribution in [3.63, 3.8) is 0 Å². The third kappa shape index (κ3) is 3.01. The Morgan fingerprint density at radius 3 is 2.74 bits per heavy atom. The van der Waals surface area contributed by atoms with Crippen LogP contribution in [0.3, 0.4) is 0 Å². The van der Waals surface area contributed by atoms with Gasteiger partial charge in [0.2, 0.25) is 10.0 Å². The Morgan fingerprint density at radius 1 is 1.42 bits per heavy atom. The summed E-state index contributed by atoms with van der Waals surface area (Å²) in [4.78, 5) is 0.00200. The van der Waals surface area contributed by atoms with E-state index in [4.69, 9.17) is 10.9 Å². The first-order valence-electron chi connectivity index (χ1n) is 5.37. The molecule has 0 fully saturated rings. The van der Waals surface area contributed by atoms with Crippen LogP contribution in [-0.4, -0.2) is 23.2 Å². The molecule has 0 spiro atoms. The Morgan fingerprint density at radius 2 is 2.16 bits per heavy atom. The Labute approximate surface area is 110 Å². The van der Waals surface area contributed by atoms with Crippen molar-refractivity contribution >= 4 is 21.4 Å². The Bertz CT molecular complexity index is 694. The van der Waals surface area contributed by atoms with Gasteiger partial charge in [0.1, 0.15) is 6.33 Å². The molecule has 2 rings (SSSR count). The van der Waals surface area contributed by atoms with Gasteiger partial charge in [-0.05, 0) is 18.2 Å². The predicted molar refractivity (Wildman–Crippen MR) is 70.6 cm³/mol. The fourth-order valence-electron chi connectivity index (χ4n) is 1.51. The summed E-state index contributed by atoms with van der Waals surface area (Å²) in [6.45, 7) is 0.370. The third-order valence-corrected chi connectivity index (χ3v) is 3.51. The fourth-order valence-corrected chi connectivity index (χ4v) is 2.05. The maximum atomic E-state index is 11.3. The first-order valence-corrected chi connectivity index (χ1v) is 6.91. The number of nitrogen functional groups attached to an aromatic ring is 1. The molecule has 0 radical (unpaired) electrons. The number of sulfonamides is 1. The Kier molecular flexibility index (Phi) is 3.40. The molecule has 1 heterocycles. The molecule has 0 saturated heterocycles. The second kappa shape index (κ2) is 4.86. The normalized spacial score (nSPS) is 11.5. The van der Waals surface area contributed by atoms with E-state index in [0.29, 0.717) is 23.7 Å². The Balaban J connectivity index is 2.23. The zero-order valence-electron chi connectivity index (χ0n) is 10.2. The molecule has 8 nitrogen and oxygen atoms in total. The average molecular weight is 282 g/mol. The molecular weight excluding hydrogens is 268 g/mol. The van der Waals surface area contributed by atoms with Crippen molar-refractivity contribution in [3.05, 3.63) is 30.4 Å². The van der Waals surface area contributed by atoms with Gasteiger partial charge in [-0.2, -0.15) is 0 Å². The molecule has 0 atom stereocenters. The van der Waals surface area contributed by atoms with Gasteiger partial charge >= 0.3 is 0 Å². The van der Waals surface area contributed by atoms with Gasteiger partial charge in [0.05, 0.1) is 22.8 Å². The number of primary sulfonamides is 1. The predicted octanol–water partition coefficient (Wildman–Crippen LogP) is -0.343. The number of hydrogen-bond donors (Lipinski definition) is 3. The van der Waals surface area contributed by atoms with Gasteiger partial charge in [0.15, 0.2) is 5.82 Å². The van der Waals surface area contributed by atoms with E-state index in [1.807, 2.05) is 0 Å². The largest absolute Gasteiger partial charge is 0.397 e. The average Bonchev–Trinajstić information content (AvgIpc) is 2.72. The number of nitrogens with one attached hydrogen (secondary N) is 1. The lowest BCUT2D eigenvalue weighted by Crippen LogP contribution is -2.13. The molecule has 5 N–H and O–H groups in total. The van der Waals surface area contributed by atoms with Crippen LogP contribution in [0.4, 0.5) is 11.4 Å². The number of anilines is 2. The molecule has 0 saturated carbocycles. The van der Waals surface area contributed by atoms with Gasteiger partial charge in [-0.3, -0.25) is 0 Å². The number of hydrogen-bond acceptors (Lipinski definition) is 6. The van der Waals surface area contributed by atoms with Crippen LogP contribution in [-0.2, 0) is 23.6 Å². The van der Waals surface area contributed by atoms with E-state index in [9.17, 15) is 8.42 Å². The molecular formula is C10H14N6O2S. The zero-order chi connectivity index (χ0) is 14.0. The SMILES string of the molecule is Cn1cnnc1CNc1cc(S(N)(=O)=O)ccc1N. The third-order valence-electron chi connectivity index (χ3n) is 2.60. The highest BCUT2D eigenvalue weighted by Crippen LogP contribution is 2.22. The molecule has 0 amide bonds. The zero-order valence-corrected chi connectivity index (χ0v) is 11.1. The van der Waals surface area contributed by atoms with Crippen LogP contribution in [0, 0.1) is 0 Å². The van der Waals surface area contributed by atoms with E-state index in [1.165, 1.54) is 18.2 Å². The van der Waals surface area contributed by atoms with Crippen molar-refractivity contribution in [1.82, 2.24) is 14.8 Å². The summed E-state index contributed by atoms with van der Waals surface area (Å²) >= 11 is 0. The highest BCUT2D eigenvalue weighted by Gasteiger charge is 2.10. The second-order valence-electron chi connectivity index (χ2n) is 4.01. The lowest BCUT2D eigenvalue weighted by atomic mass is 10.2. The molecule has 9 heteroatoms. The molecule has 0 aliphatic heterocycles. The van der Waals surface area contributed by atoms with Crippen LogP contribution in [0.15, 0.2) is 29.4 Å². The van der Waals surface area contributed by atoms with Gasteiger partial charge in [0.25, 0.3) is 0 Å². The first kappa shape index (κ1) is 13.3. The molecule has 102 valence electrons. The minimum Gasteiger partial charge on any atom is -0.397 e. The smallest absolute Gasteiger partial charge is 0.238 e. The van der Waals surface area contributed by atoms with Crippen LogP contribution in [0.5, 0.6) is 0 Å². The number of aryl methyl sites for hydroxylation is 1. The van der Waals surface area contributed by atoms with Gasteiger partial charge < -0.3 is 15.6 Å². The van der Waals surface area contributed by atoms with Crippen LogP contribution in [0.2, 0.25) is 0 Å². The highest BCUT2D eigenvalue weighted by atomic mass is 32.2. The lowest BCUT2D eigenvalue weighted by Gasteiger charge is -2.10. The van der Waals surface area contributed by atoms with Gasteiger partial charge in [-0.15, -0.1) is 10.2 Å². The quantitative estimate of drug-likeness (QED) is 0.658. The van der Waals surface area contributed by atoms with Gasteiger partial charge in [-0.25, -0.2) is 13.6 Å². The van der Waals surface area contributed by atoms with E-state index in [2.05, 4.69) is 15.5 Å². The molecule has 19 heavy (non-hydrogen) atoms. The lowest BCUT2D eigenvalue weighted by molar-refractivity contribution is 0.598. The molecule has 0 unspecified atom stereocenters. The minimum absolute atomic E-state index is 0.00200. The van der Waals surface area contributed by atoms with Crippen molar-refractivity contribution in [2.45, 2.75) is 11.4 Å². The number of benzene rings is 1. The van der Waals surface area contributed by atoms with Crippen molar-refractivity contribution in [2.75, 3.05) is 11.1 Å². The maximum absolute atomic E-state index is 11.3. The summed E-state index contributed by atoms with van der Waals surface area (Å²) in [5.41, 5.74) is 6.68. The fraction of sp³-hybridized carbons (Fsp3) is 0.200. The second-order valence-corrected chi connectivity index (χ2v) is 5.57. The molecule has 0 aliphatic carbocycles. The minimum atomic E-state index is -3.75. The van der Waals surface area contributed by atoms with Crippen LogP contribution in [0.25, 0.3) is 0 Å². The summed E-state index contributed by atoms with van der Waals surface area (Å²) in [6.07, 6.45) is 1.57. The van der Waals surface area contributed by atoms with Crippen molar-refractivity contribution in [2.24, 2.45) is 12.2 Å². The summed E-state index contributed by atoms with van der Waals surface area (Å²) in [6, 6.07) is 4.23. The van der Waals surface area contributed by atoms with Gasteiger partial charge in [-0.1, -0.05) is 0 Å². The molecule has 2 aromatic rings. The van der Waals surface area contributed by atoms with Crippen LogP contribution >= 0.6 is 0 Å².